The monoisotopic (exact) mass is 708 g/mol. The SMILES string of the molecule is C[C@H]1[C@H]([Si](C)(C)O)[C@@H](CC(=O)N2Cc3ccccc3C[C@H]2CO)O[C@]12C(=O)N(Cc1cccc(N3CCC3=O)c1)c1ccc(N3CCC3=O)cc12. The molecule has 11 nitrogen and oxygen atoms in total. The van der Waals surface area contributed by atoms with Crippen molar-refractivity contribution in [2.75, 3.05) is 34.4 Å². The molecule has 51 heavy (non-hydrogen) atoms. The number of carbonyl (C=O) groups is 4. The van der Waals surface area contributed by atoms with Gasteiger partial charge in [0, 0.05) is 60.9 Å². The quantitative estimate of drug-likeness (QED) is 0.269. The molecule has 0 radical (unpaired) electrons. The van der Waals surface area contributed by atoms with Crippen LogP contribution in [0.1, 0.15) is 48.4 Å². The zero-order valence-electron chi connectivity index (χ0n) is 29.2. The second kappa shape index (κ2) is 12.4. The smallest absolute Gasteiger partial charge is 0.264 e. The van der Waals surface area contributed by atoms with Crippen LogP contribution in [-0.4, -0.2) is 78.6 Å². The van der Waals surface area contributed by atoms with E-state index < -0.39 is 31.5 Å². The summed E-state index contributed by atoms with van der Waals surface area (Å²) in [6.45, 7) is 7.25. The average Bonchev–Trinajstić information content (AvgIpc) is 3.52. The van der Waals surface area contributed by atoms with Crippen LogP contribution >= 0.6 is 0 Å². The predicted octanol–water partition coefficient (Wildman–Crippen LogP) is 3.84. The van der Waals surface area contributed by atoms with Crippen LogP contribution in [0.4, 0.5) is 17.1 Å². The number of rotatable bonds is 8. The topological polar surface area (TPSA) is 131 Å². The van der Waals surface area contributed by atoms with Crippen molar-refractivity contribution >= 4 is 49.0 Å². The maximum atomic E-state index is 15.1. The molecule has 4 amide bonds. The summed E-state index contributed by atoms with van der Waals surface area (Å²) < 4.78 is 7.00. The van der Waals surface area contributed by atoms with Crippen molar-refractivity contribution in [1.29, 1.82) is 0 Å². The summed E-state index contributed by atoms with van der Waals surface area (Å²) in [5, 5.41) is 10.3. The second-order valence-corrected chi connectivity index (χ2v) is 19.2. The maximum absolute atomic E-state index is 15.1. The second-order valence-electron chi connectivity index (χ2n) is 15.2. The zero-order chi connectivity index (χ0) is 35.8. The predicted molar refractivity (Wildman–Crippen MR) is 193 cm³/mol. The highest BCUT2D eigenvalue weighted by Crippen LogP contribution is 2.60. The molecule has 0 unspecified atom stereocenters. The van der Waals surface area contributed by atoms with Crippen molar-refractivity contribution in [3.8, 4) is 0 Å². The van der Waals surface area contributed by atoms with Gasteiger partial charge in [-0.3, -0.25) is 19.2 Å². The Bertz CT molecular complexity index is 1950. The van der Waals surface area contributed by atoms with E-state index in [2.05, 4.69) is 0 Å². The highest BCUT2D eigenvalue weighted by Gasteiger charge is 2.66. The van der Waals surface area contributed by atoms with E-state index in [1.54, 1.807) is 19.6 Å². The van der Waals surface area contributed by atoms with Gasteiger partial charge in [0.05, 0.1) is 37.4 Å². The van der Waals surface area contributed by atoms with Gasteiger partial charge in [-0.15, -0.1) is 0 Å². The van der Waals surface area contributed by atoms with Gasteiger partial charge < -0.3 is 34.2 Å². The summed E-state index contributed by atoms with van der Waals surface area (Å²) in [6, 6.07) is 20.8. The van der Waals surface area contributed by atoms with Crippen molar-refractivity contribution in [3.05, 3.63) is 89.0 Å². The fraction of sp³-hybridized carbons (Fsp3) is 0.436. The molecule has 0 aromatic heterocycles. The fourth-order valence-electron chi connectivity index (χ4n) is 9.10. The zero-order valence-corrected chi connectivity index (χ0v) is 30.2. The Hall–Kier alpha value is -4.36. The number of anilines is 3. The lowest BCUT2D eigenvalue weighted by Crippen LogP contribution is -2.48. The fourth-order valence-corrected chi connectivity index (χ4v) is 11.7. The molecule has 3 saturated heterocycles. The molecule has 3 aromatic carbocycles. The molecule has 5 atom stereocenters. The average molecular weight is 709 g/mol. The first-order chi connectivity index (χ1) is 24.4. The van der Waals surface area contributed by atoms with Crippen molar-refractivity contribution in [2.24, 2.45) is 5.92 Å². The third kappa shape index (κ3) is 5.42. The third-order valence-corrected chi connectivity index (χ3v) is 14.3. The number of ether oxygens (including phenoxy) is 1. The van der Waals surface area contributed by atoms with Crippen LogP contribution < -0.4 is 14.7 Å². The number of amides is 4. The number of fused-ring (bicyclic) bond motifs is 3. The molecule has 1 spiro atoms. The molecule has 12 heteroatoms. The van der Waals surface area contributed by atoms with E-state index in [1.165, 1.54) is 0 Å². The molecule has 3 fully saturated rings. The van der Waals surface area contributed by atoms with Gasteiger partial charge in [0.15, 0.2) is 13.9 Å². The van der Waals surface area contributed by atoms with Crippen molar-refractivity contribution < 1.29 is 33.8 Å². The van der Waals surface area contributed by atoms with Crippen molar-refractivity contribution in [1.82, 2.24) is 4.90 Å². The molecule has 0 aliphatic carbocycles. The molecular weight excluding hydrogens is 665 g/mol. The molecule has 5 aliphatic rings. The number of benzene rings is 3. The molecule has 0 saturated carbocycles. The van der Waals surface area contributed by atoms with E-state index in [4.69, 9.17) is 4.74 Å². The van der Waals surface area contributed by atoms with E-state index in [0.717, 1.165) is 22.4 Å². The van der Waals surface area contributed by atoms with Gasteiger partial charge in [0.1, 0.15) is 0 Å². The summed E-state index contributed by atoms with van der Waals surface area (Å²) in [4.78, 5) is 72.7. The number of hydrogen-bond acceptors (Lipinski definition) is 7. The van der Waals surface area contributed by atoms with Crippen LogP contribution in [0.3, 0.4) is 0 Å². The van der Waals surface area contributed by atoms with Gasteiger partial charge >= 0.3 is 0 Å². The summed E-state index contributed by atoms with van der Waals surface area (Å²) in [6.07, 6.45) is 0.707. The minimum atomic E-state index is -3.07. The van der Waals surface area contributed by atoms with Crippen LogP contribution in [-0.2, 0) is 49.0 Å². The molecule has 5 heterocycles. The van der Waals surface area contributed by atoms with E-state index in [1.807, 2.05) is 86.7 Å². The molecule has 2 N–H and O–H groups in total. The summed E-state index contributed by atoms with van der Waals surface area (Å²) in [5.74, 6) is -0.894. The van der Waals surface area contributed by atoms with E-state index in [9.17, 15) is 24.3 Å². The van der Waals surface area contributed by atoms with Gasteiger partial charge in [-0.1, -0.05) is 43.3 Å². The normalized spacial score (nSPS) is 27.1. The maximum Gasteiger partial charge on any atom is 0.264 e. The Morgan fingerprint density at radius 2 is 1.61 bits per heavy atom. The summed E-state index contributed by atoms with van der Waals surface area (Å²) >= 11 is 0. The number of aliphatic hydroxyl groups is 1. The number of nitrogens with zero attached hydrogens (tertiary/aromatic N) is 4. The number of β-lactam (4-membered cyclic amide) rings is 2. The summed E-state index contributed by atoms with van der Waals surface area (Å²) in [5.41, 5.74) is 3.77. The Morgan fingerprint density at radius 3 is 2.24 bits per heavy atom. The first kappa shape index (κ1) is 33.8. The molecule has 5 aliphatic heterocycles. The minimum Gasteiger partial charge on any atom is -0.432 e. The Morgan fingerprint density at radius 1 is 0.922 bits per heavy atom. The largest absolute Gasteiger partial charge is 0.432 e. The molecule has 0 bridgehead atoms. The highest BCUT2D eigenvalue weighted by atomic mass is 28.4. The first-order valence-electron chi connectivity index (χ1n) is 17.9. The Balaban J connectivity index is 1.16. The van der Waals surface area contributed by atoms with E-state index >= 15 is 4.79 Å². The number of carbonyl (C=O) groups excluding carboxylic acids is 4. The standard InChI is InChI=1S/C39H44N4O7Si/c1-24-37(51(2,3)49)33(20-36(47)42-22-27-9-5-4-8-26(27)18-30(42)23-44)50-39(24)31-19-29(41-16-14-35(41)46)11-12-32(31)43(38(39)48)21-25-7-6-10-28(17-25)40-15-13-34(40)45/h4-12,17,19,24,30,33,37,44,49H,13-16,18,20-23H2,1-3H3/t24-,30-,33+,37-,39+/m0/s1. The van der Waals surface area contributed by atoms with E-state index in [-0.39, 0.29) is 49.2 Å². The molecule has 8 rings (SSSR count). The molecule has 3 aromatic rings. The molecule has 266 valence electrons. The lowest BCUT2D eigenvalue weighted by molar-refractivity contribution is -0.151. The summed E-state index contributed by atoms with van der Waals surface area (Å²) in [7, 11) is -3.07. The van der Waals surface area contributed by atoms with Gasteiger partial charge in [0.25, 0.3) is 5.91 Å². The van der Waals surface area contributed by atoms with Gasteiger partial charge in [-0.2, -0.15) is 0 Å². The van der Waals surface area contributed by atoms with Gasteiger partial charge in [0.2, 0.25) is 17.7 Å². The van der Waals surface area contributed by atoms with Crippen LogP contribution in [0, 0.1) is 5.92 Å². The molecular formula is C39H44N4O7Si. The minimum absolute atomic E-state index is 0.00900. The van der Waals surface area contributed by atoms with Gasteiger partial charge in [-0.05, 0) is 66.5 Å². The van der Waals surface area contributed by atoms with Crippen LogP contribution in [0.15, 0.2) is 66.7 Å². The first-order valence-corrected chi connectivity index (χ1v) is 21.0. The third-order valence-electron chi connectivity index (χ3n) is 11.8. The number of hydrogen-bond donors (Lipinski definition) is 2. The lowest BCUT2D eigenvalue weighted by Gasteiger charge is -2.37. The highest BCUT2D eigenvalue weighted by molar-refractivity contribution is 6.71. The van der Waals surface area contributed by atoms with Gasteiger partial charge in [-0.25, -0.2) is 0 Å². The number of aliphatic hydroxyl groups excluding tert-OH is 1. The van der Waals surface area contributed by atoms with Crippen molar-refractivity contribution in [2.45, 2.75) is 82.1 Å². The van der Waals surface area contributed by atoms with Crippen LogP contribution in [0.5, 0.6) is 0 Å². The van der Waals surface area contributed by atoms with Crippen LogP contribution in [0.25, 0.3) is 0 Å². The van der Waals surface area contributed by atoms with Crippen molar-refractivity contribution in [3.63, 3.8) is 0 Å². The van der Waals surface area contributed by atoms with E-state index in [0.29, 0.717) is 55.8 Å². The Labute approximate surface area is 298 Å². The Kier molecular flexibility index (Phi) is 8.21. The van der Waals surface area contributed by atoms with Crippen LogP contribution in [0.2, 0.25) is 18.6 Å². The lowest BCUT2D eigenvalue weighted by atomic mass is 9.82.